The first-order valence-electron chi connectivity index (χ1n) is 17.3. The van der Waals surface area contributed by atoms with E-state index in [2.05, 4.69) is 13.8 Å². The zero-order valence-corrected chi connectivity index (χ0v) is 25.5. The summed E-state index contributed by atoms with van der Waals surface area (Å²) in [5.74, 6) is 0.527. The SMILES string of the molecule is CCCCCCCCCCCCCCCCCC(=O)CCCCCCCCCCCCCCCCC. The molecule has 0 fully saturated rings. The molecule has 0 unspecified atom stereocenters. The van der Waals surface area contributed by atoms with Crippen LogP contribution < -0.4 is 0 Å². The molecule has 1 nitrogen and oxygen atoms in total. The van der Waals surface area contributed by atoms with E-state index in [4.69, 9.17) is 0 Å². The molecule has 0 amide bonds. The van der Waals surface area contributed by atoms with Crippen LogP contribution in [0, 0.1) is 0 Å². The molecule has 0 aromatic heterocycles. The Labute approximate surface area is 229 Å². The van der Waals surface area contributed by atoms with E-state index in [-0.39, 0.29) is 0 Å². The van der Waals surface area contributed by atoms with Gasteiger partial charge in [0.15, 0.2) is 0 Å². The van der Waals surface area contributed by atoms with Gasteiger partial charge in [-0.15, -0.1) is 0 Å². The topological polar surface area (TPSA) is 17.1 Å². The van der Waals surface area contributed by atoms with Crippen LogP contribution in [-0.2, 0) is 4.79 Å². The highest BCUT2D eigenvalue weighted by molar-refractivity contribution is 5.78. The number of ketones is 1. The van der Waals surface area contributed by atoms with Gasteiger partial charge in [-0.1, -0.05) is 194 Å². The van der Waals surface area contributed by atoms with Gasteiger partial charge in [0.2, 0.25) is 0 Å². The van der Waals surface area contributed by atoms with Gasteiger partial charge >= 0.3 is 0 Å². The summed E-state index contributed by atoms with van der Waals surface area (Å²) in [5, 5.41) is 0. The zero-order valence-electron chi connectivity index (χ0n) is 25.5. The van der Waals surface area contributed by atoms with Crippen molar-refractivity contribution in [3.63, 3.8) is 0 Å². The summed E-state index contributed by atoms with van der Waals surface area (Å²) in [5.41, 5.74) is 0. The van der Waals surface area contributed by atoms with Crippen molar-refractivity contribution in [2.45, 2.75) is 219 Å². The Morgan fingerprint density at radius 1 is 0.278 bits per heavy atom. The van der Waals surface area contributed by atoms with Crippen molar-refractivity contribution in [1.29, 1.82) is 0 Å². The van der Waals surface area contributed by atoms with Crippen LogP contribution in [0.2, 0.25) is 0 Å². The van der Waals surface area contributed by atoms with E-state index >= 15 is 0 Å². The Morgan fingerprint density at radius 2 is 0.444 bits per heavy atom. The fraction of sp³-hybridized carbons (Fsp3) is 0.971. The minimum atomic E-state index is 0.527. The van der Waals surface area contributed by atoms with Crippen LogP contribution in [0.5, 0.6) is 0 Å². The average Bonchev–Trinajstić information content (AvgIpc) is 2.88. The lowest BCUT2D eigenvalue weighted by Crippen LogP contribution is -1.97. The molecule has 0 saturated heterocycles. The van der Waals surface area contributed by atoms with E-state index in [1.807, 2.05) is 0 Å². The van der Waals surface area contributed by atoms with E-state index in [0.717, 1.165) is 25.7 Å². The fourth-order valence-corrected chi connectivity index (χ4v) is 5.51. The zero-order chi connectivity index (χ0) is 26.2. The van der Waals surface area contributed by atoms with Crippen molar-refractivity contribution in [2.24, 2.45) is 0 Å². The van der Waals surface area contributed by atoms with E-state index < -0.39 is 0 Å². The molecule has 0 aliphatic rings. The summed E-state index contributed by atoms with van der Waals surface area (Å²) >= 11 is 0. The summed E-state index contributed by atoms with van der Waals surface area (Å²) in [6.45, 7) is 4.59. The van der Waals surface area contributed by atoms with Crippen molar-refractivity contribution in [1.82, 2.24) is 0 Å². The Kier molecular flexibility index (Phi) is 32.4. The Balaban J connectivity index is 3.14. The third-order valence-corrected chi connectivity index (χ3v) is 8.12. The minimum Gasteiger partial charge on any atom is -0.300 e. The molecule has 216 valence electrons. The van der Waals surface area contributed by atoms with Gasteiger partial charge in [-0.3, -0.25) is 4.79 Å². The first kappa shape index (κ1) is 35.7. The Morgan fingerprint density at radius 3 is 0.639 bits per heavy atom. The van der Waals surface area contributed by atoms with Gasteiger partial charge in [0.1, 0.15) is 5.78 Å². The molecule has 0 aromatic rings. The molecule has 0 radical (unpaired) electrons. The van der Waals surface area contributed by atoms with Crippen LogP contribution in [0.4, 0.5) is 0 Å². The lowest BCUT2D eigenvalue weighted by molar-refractivity contribution is -0.119. The number of carbonyl (C=O) groups is 1. The number of unbranched alkanes of at least 4 members (excludes halogenated alkanes) is 28. The van der Waals surface area contributed by atoms with Gasteiger partial charge in [0.25, 0.3) is 0 Å². The van der Waals surface area contributed by atoms with E-state index in [0.29, 0.717) is 5.78 Å². The molecule has 0 heterocycles. The summed E-state index contributed by atoms with van der Waals surface area (Å²) in [7, 11) is 0. The van der Waals surface area contributed by atoms with Crippen LogP contribution in [0.3, 0.4) is 0 Å². The third-order valence-electron chi connectivity index (χ3n) is 8.12. The lowest BCUT2D eigenvalue weighted by Gasteiger charge is -2.04. The maximum absolute atomic E-state index is 12.1. The Bertz CT molecular complexity index is 365. The largest absolute Gasteiger partial charge is 0.300 e. The first-order valence-corrected chi connectivity index (χ1v) is 17.3. The third kappa shape index (κ3) is 31.7. The standard InChI is InChI=1S/C35H70O/c1-3-5-7-9-11-13-15-17-19-21-23-25-27-29-31-33-35(36)34-32-30-28-26-24-22-20-18-16-14-12-10-8-6-4-2/h3-34H2,1-2H3. The van der Waals surface area contributed by atoms with Crippen LogP contribution in [0.1, 0.15) is 219 Å². The number of hydrogen-bond donors (Lipinski definition) is 0. The molecular formula is C35H70O. The molecule has 0 rings (SSSR count). The smallest absolute Gasteiger partial charge is 0.132 e. The molecule has 0 aromatic carbocycles. The van der Waals surface area contributed by atoms with Crippen LogP contribution in [0.25, 0.3) is 0 Å². The van der Waals surface area contributed by atoms with Gasteiger partial charge < -0.3 is 0 Å². The van der Waals surface area contributed by atoms with Crippen molar-refractivity contribution in [3.8, 4) is 0 Å². The van der Waals surface area contributed by atoms with Crippen molar-refractivity contribution in [2.75, 3.05) is 0 Å². The second-order valence-corrected chi connectivity index (χ2v) is 11.9. The monoisotopic (exact) mass is 507 g/mol. The van der Waals surface area contributed by atoms with Crippen LogP contribution in [0.15, 0.2) is 0 Å². The van der Waals surface area contributed by atoms with Crippen molar-refractivity contribution >= 4 is 5.78 Å². The maximum Gasteiger partial charge on any atom is 0.132 e. The normalized spacial score (nSPS) is 11.4. The van der Waals surface area contributed by atoms with E-state index in [1.165, 1.54) is 180 Å². The van der Waals surface area contributed by atoms with Gasteiger partial charge in [0.05, 0.1) is 0 Å². The number of rotatable bonds is 32. The molecule has 0 saturated carbocycles. The molecule has 0 spiro atoms. The second kappa shape index (κ2) is 32.7. The predicted octanol–water partition coefficient (Wildman–Crippen LogP) is 13.1. The van der Waals surface area contributed by atoms with Gasteiger partial charge in [-0.25, -0.2) is 0 Å². The number of Topliss-reactive ketones (excluding diaryl/α,β-unsaturated/α-hetero) is 1. The summed E-state index contributed by atoms with van der Waals surface area (Å²) < 4.78 is 0. The van der Waals surface area contributed by atoms with E-state index in [9.17, 15) is 4.79 Å². The maximum atomic E-state index is 12.1. The quantitative estimate of drug-likeness (QED) is 0.0829. The van der Waals surface area contributed by atoms with Crippen LogP contribution >= 0.6 is 0 Å². The fourth-order valence-electron chi connectivity index (χ4n) is 5.51. The first-order chi connectivity index (χ1) is 17.8. The minimum absolute atomic E-state index is 0.527. The lowest BCUT2D eigenvalue weighted by atomic mass is 10.0. The highest BCUT2D eigenvalue weighted by Crippen LogP contribution is 2.16. The number of carbonyl (C=O) groups excluding carboxylic acids is 1. The average molecular weight is 507 g/mol. The van der Waals surface area contributed by atoms with Crippen LogP contribution in [-0.4, -0.2) is 5.78 Å². The van der Waals surface area contributed by atoms with E-state index in [1.54, 1.807) is 0 Å². The Hall–Kier alpha value is -0.330. The molecule has 1 heteroatoms. The highest BCUT2D eigenvalue weighted by Gasteiger charge is 2.02. The molecule has 0 N–H and O–H groups in total. The molecule has 36 heavy (non-hydrogen) atoms. The molecule has 0 aliphatic carbocycles. The molecule has 0 aliphatic heterocycles. The predicted molar refractivity (Wildman–Crippen MR) is 164 cm³/mol. The summed E-state index contributed by atoms with van der Waals surface area (Å²) in [6.07, 6.45) is 43.4. The van der Waals surface area contributed by atoms with Crippen molar-refractivity contribution < 1.29 is 4.79 Å². The van der Waals surface area contributed by atoms with Gasteiger partial charge in [-0.2, -0.15) is 0 Å². The molecule has 0 atom stereocenters. The second-order valence-electron chi connectivity index (χ2n) is 11.9. The summed E-state index contributed by atoms with van der Waals surface area (Å²) in [4.78, 5) is 12.1. The van der Waals surface area contributed by atoms with Crippen molar-refractivity contribution in [3.05, 3.63) is 0 Å². The van der Waals surface area contributed by atoms with Gasteiger partial charge in [0, 0.05) is 12.8 Å². The molecular weight excluding hydrogens is 436 g/mol. The molecule has 0 bridgehead atoms. The van der Waals surface area contributed by atoms with Gasteiger partial charge in [-0.05, 0) is 12.8 Å². The number of hydrogen-bond acceptors (Lipinski definition) is 1. The summed E-state index contributed by atoms with van der Waals surface area (Å²) in [6, 6.07) is 0. The highest BCUT2D eigenvalue weighted by atomic mass is 16.1.